The third-order valence-corrected chi connectivity index (χ3v) is 2.28. The van der Waals surface area contributed by atoms with Crippen LogP contribution < -0.4 is 10.5 Å². The lowest BCUT2D eigenvalue weighted by molar-refractivity contribution is -0.386. The maximum atomic E-state index is 11.2. The number of methoxy groups -OCH3 is 1. The van der Waals surface area contributed by atoms with Crippen molar-refractivity contribution in [1.29, 1.82) is 0 Å². The van der Waals surface area contributed by atoms with Gasteiger partial charge in [-0.05, 0) is 19.1 Å². The molecule has 0 bridgehead atoms. The van der Waals surface area contributed by atoms with Gasteiger partial charge in [0, 0.05) is 11.6 Å². The van der Waals surface area contributed by atoms with E-state index in [1.807, 2.05) is 0 Å². The zero-order valence-electron chi connectivity index (χ0n) is 10.3. The summed E-state index contributed by atoms with van der Waals surface area (Å²) in [5, 5.41) is 10.9. The monoisotopic (exact) mass is 268 g/mol. The van der Waals surface area contributed by atoms with E-state index < -0.39 is 28.6 Å². The van der Waals surface area contributed by atoms with Crippen LogP contribution in [-0.4, -0.2) is 30.0 Å². The SMILES string of the molecule is COC(=O)[C@@H](C)Oc1ccc(C(N)=O)cc1[N+](=O)[O-]. The molecule has 0 unspecified atom stereocenters. The second kappa shape index (κ2) is 5.80. The number of ether oxygens (including phenoxy) is 2. The van der Waals surface area contributed by atoms with Crippen molar-refractivity contribution in [3.05, 3.63) is 33.9 Å². The third-order valence-electron chi connectivity index (χ3n) is 2.28. The molecule has 0 spiro atoms. The van der Waals surface area contributed by atoms with E-state index in [0.717, 1.165) is 6.07 Å². The van der Waals surface area contributed by atoms with Gasteiger partial charge in [0.2, 0.25) is 5.91 Å². The highest BCUT2D eigenvalue weighted by Gasteiger charge is 2.22. The number of nitro benzene ring substituents is 1. The lowest BCUT2D eigenvalue weighted by atomic mass is 10.2. The summed E-state index contributed by atoms with van der Waals surface area (Å²) < 4.78 is 9.56. The van der Waals surface area contributed by atoms with Crippen LogP contribution in [0.4, 0.5) is 5.69 Å². The van der Waals surface area contributed by atoms with Gasteiger partial charge in [0.25, 0.3) is 0 Å². The summed E-state index contributed by atoms with van der Waals surface area (Å²) in [7, 11) is 1.17. The fourth-order valence-electron chi connectivity index (χ4n) is 1.32. The minimum atomic E-state index is -1.01. The van der Waals surface area contributed by atoms with Gasteiger partial charge in [0.15, 0.2) is 11.9 Å². The predicted octanol–water partition coefficient (Wildman–Crippen LogP) is 0.634. The Morgan fingerprint density at radius 1 is 1.42 bits per heavy atom. The van der Waals surface area contributed by atoms with Crippen molar-refractivity contribution in [2.24, 2.45) is 5.73 Å². The average Bonchev–Trinajstić information content (AvgIpc) is 2.37. The number of carbonyl (C=O) groups excluding carboxylic acids is 2. The molecule has 0 fully saturated rings. The van der Waals surface area contributed by atoms with Gasteiger partial charge in [-0.15, -0.1) is 0 Å². The maximum absolute atomic E-state index is 11.2. The van der Waals surface area contributed by atoms with Crippen LogP contribution >= 0.6 is 0 Å². The van der Waals surface area contributed by atoms with Crippen LogP contribution in [0.1, 0.15) is 17.3 Å². The molecule has 1 aromatic carbocycles. The first kappa shape index (κ1) is 14.4. The van der Waals surface area contributed by atoms with Gasteiger partial charge in [-0.2, -0.15) is 0 Å². The van der Waals surface area contributed by atoms with E-state index in [9.17, 15) is 19.7 Å². The molecule has 2 N–H and O–H groups in total. The zero-order chi connectivity index (χ0) is 14.6. The average molecular weight is 268 g/mol. The number of hydrogen-bond acceptors (Lipinski definition) is 6. The maximum Gasteiger partial charge on any atom is 0.346 e. The van der Waals surface area contributed by atoms with Crippen LogP contribution in [0.2, 0.25) is 0 Å². The molecule has 0 radical (unpaired) electrons. The molecule has 0 heterocycles. The van der Waals surface area contributed by atoms with E-state index in [1.165, 1.54) is 26.2 Å². The number of amides is 1. The van der Waals surface area contributed by atoms with Crippen LogP contribution in [0, 0.1) is 10.1 Å². The number of rotatable bonds is 5. The topological polar surface area (TPSA) is 122 Å². The molecule has 1 aromatic rings. The summed E-state index contributed by atoms with van der Waals surface area (Å²) in [5.41, 5.74) is 4.55. The summed E-state index contributed by atoms with van der Waals surface area (Å²) in [4.78, 5) is 32.3. The molecule has 0 saturated heterocycles. The molecule has 19 heavy (non-hydrogen) atoms. The highest BCUT2D eigenvalue weighted by Crippen LogP contribution is 2.28. The van der Waals surface area contributed by atoms with Crippen molar-refractivity contribution in [1.82, 2.24) is 0 Å². The number of nitrogens with zero attached hydrogens (tertiary/aromatic N) is 1. The molecule has 0 aliphatic carbocycles. The van der Waals surface area contributed by atoms with Crippen molar-refractivity contribution in [3.8, 4) is 5.75 Å². The van der Waals surface area contributed by atoms with Crippen LogP contribution in [0.5, 0.6) is 5.75 Å². The summed E-state index contributed by atoms with van der Waals surface area (Å²) in [6.45, 7) is 1.39. The number of carbonyl (C=O) groups is 2. The standard InChI is InChI=1S/C11H12N2O6/c1-6(11(15)18-2)19-9-4-3-7(10(12)14)5-8(9)13(16)17/h3-6H,1-2H3,(H2,12,14)/t6-/m1/s1. The van der Waals surface area contributed by atoms with E-state index in [2.05, 4.69) is 4.74 Å². The Morgan fingerprint density at radius 3 is 2.53 bits per heavy atom. The molecule has 0 aliphatic rings. The third kappa shape index (κ3) is 3.41. The molecule has 1 atom stereocenters. The van der Waals surface area contributed by atoms with Crippen LogP contribution in [0.3, 0.4) is 0 Å². The molecule has 0 aliphatic heterocycles. The molecular weight excluding hydrogens is 256 g/mol. The van der Waals surface area contributed by atoms with Gasteiger partial charge in [0.1, 0.15) is 0 Å². The molecule has 1 amide bonds. The molecule has 102 valence electrons. The Kier molecular flexibility index (Phi) is 4.41. The number of nitro groups is 1. The van der Waals surface area contributed by atoms with Crippen molar-refractivity contribution in [2.75, 3.05) is 7.11 Å². The first-order valence-electron chi connectivity index (χ1n) is 5.19. The highest BCUT2D eigenvalue weighted by atomic mass is 16.6. The lowest BCUT2D eigenvalue weighted by Crippen LogP contribution is -2.25. The van der Waals surface area contributed by atoms with Crippen LogP contribution in [-0.2, 0) is 9.53 Å². The molecule has 0 aromatic heterocycles. The largest absolute Gasteiger partial charge is 0.472 e. The van der Waals surface area contributed by atoms with Gasteiger partial charge < -0.3 is 15.2 Å². The Labute approximate surface area is 108 Å². The van der Waals surface area contributed by atoms with Gasteiger partial charge in [0.05, 0.1) is 12.0 Å². The van der Waals surface area contributed by atoms with Gasteiger partial charge >= 0.3 is 11.7 Å². The van der Waals surface area contributed by atoms with Crippen LogP contribution in [0.25, 0.3) is 0 Å². The molecule has 8 heteroatoms. The second-order valence-electron chi connectivity index (χ2n) is 3.59. The Morgan fingerprint density at radius 2 is 2.05 bits per heavy atom. The van der Waals surface area contributed by atoms with Crippen molar-refractivity contribution < 1.29 is 24.0 Å². The predicted molar refractivity (Wildman–Crippen MR) is 63.7 cm³/mol. The van der Waals surface area contributed by atoms with E-state index in [1.54, 1.807) is 0 Å². The van der Waals surface area contributed by atoms with E-state index >= 15 is 0 Å². The van der Waals surface area contributed by atoms with Crippen LogP contribution in [0.15, 0.2) is 18.2 Å². The summed E-state index contributed by atoms with van der Waals surface area (Å²) in [6, 6.07) is 3.47. The molecule has 1 rings (SSSR count). The quantitative estimate of drug-likeness (QED) is 0.475. The van der Waals surface area contributed by atoms with Crippen molar-refractivity contribution in [3.63, 3.8) is 0 Å². The lowest BCUT2D eigenvalue weighted by Gasteiger charge is -2.12. The Hall–Kier alpha value is -2.64. The normalized spacial score (nSPS) is 11.5. The smallest absolute Gasteiger partial charge is 0.346 e. The molecule has 0 saturated carbocycles. The summed E-state index contributed by atoms with van der Waals surface area (Å²) in [6.07, 6.45) is -1.01. The minimum absolute atomic E-state index is 0.0234. The number of esters is 1. The van der Waals surface area contributed by atoms with E-state index in [-0.39, 0.29) is 11.3 Å². The van der Waals surface area contributed by atoms with Gasteiger partial charge in [-0.1, -0.05) is 0 Å². The molecular formula is C11H12N2O6. The number of nitrogens with two attached hydrogens (primary N) is 1. The number of benzene rings is 1. The van der Waals surface area contributed by atoms with E-state index in [0.29, 0.717) is 0 Å². The Balaban J connectivity index is 3.10. The fraction of sp³-hybridized carbons (Fsp3) is 0.273. The summed E-state index contributed by atoms with van der Waals surface area (Å²) >= 11 is 0. The van der Waals surface area contributed by atoms with E-state index in [4.69, 9.17) is 10.5 Å². The molecule has 8 nitrogen and oxygen atoms in total. The minimum Gasteiger partial charge on any atom is -0.472 e. The number of primary amides is 1. The van der Waals surface area contributed by atoms with Crippen molar-refractivity contribution >= 4 is 17.6 Å². The second-order valence-corrected chi connectivity index (χ2v) is 3.59. The Bertz CT molecular complexity index is 528. The number of hydrogen-bond donors (Lipinski definition) is 1. The first-order valence-corrected chi connectivity index (χ1v) is 5.19. The van der Waals surface area contributed by atoms with Crippen molar-refractivity contribution in [2.45, 2.75) is 13.0 Å². The highest BCUT2D eigenvalue weighted by molar-refractivity contribution is 5.93. The fourth-order valence-corrected chi connectivity index (χ4v) is 1.32. The summed E-state index contributed by atoms with van der Waals surface area (Å²) in [5.74, 6) is -1.61. The first-order chi connectivity index (χ1) is 8.86. The van der Waals surface area contributed by atoms with Gasteiger partial charge in [-0.3, -0.25) is 14.9 Å². The zero-order valence-corrected chi connectivity index (χ0v) is 10.3. The van der Waals surface area contributed by atoms with Gasteiger partial charge in [-0.25, -0.2) is 4.79 Å².